The van der Waals surface area contributed by atoms with Gasteiger partial charge in [-0.25, -0.2) is 4.39 Å². The lowest BCUT2D eigenvalue weighted by molar-refractivity contribution is -0.124. The molecule has 160 valence electrons. The molecule has 0 aromatic heterocycles. The summed E-state index contributed by atoms with van der Waals surface area (Å²) in [5, 5.41) is 3.02. The normalized spacial score (nSPS) is 21.3. The minimum atomic E-state index is -0.362. The second-order valence-corrected chi connectivity index (χ2v) is 8.14. The molecule has 2 aromatic rings. The molecule has 2 unspecified atom stereocenters. The topological polar surface area (TPSA) is 44.8 Å². The van der Waals surface area contributed by atoms with Crippen molar-refractivity contribution in [3.8, 4) is 0 Å². The van der Waals surface area contributed by atoms with Crippen molar-refractivity contribution < 1.29 is 13.9 Å². The van der Waals surface area contributed by atoms with Crippen LogP contribution in [0.15, 0.2) is 48.5 Å². The Balaban J connectivity index is 1.35. The van der Waals surface area contributed by atoms with E-state index in [4.69, 9.17) is 4.74 Å². The SMILES string of the molecule is CC(C(=O)Nc1ccc(N2CCCCC2)cc1)N1CCOC(c2ccccc2F)C1. The fraction of sp³-hybridized carbons (Fsp3) is 0.458. The number of anilines is 2. The van der Waals surface area contributed by atoms with E-state index in [1.54, 1.807) is 12.1 Å². The number of rotatable bonds is 5. The summed E-state index contributed by atoms with van der Waals surface area (Å²) in [4.78, 5) is 17.3. The second kappa shape index (κ2) is 9.58. The lowest BCUT2D eigenvalue weighted by Gasteiger charge is -2.36. The van der Waals surface area contributed by atoms with Crippen molar-refractivity contribution in [2.24, 2.45) is 0 Å². The largest absolute Gasteiger partial charge is 0.372 e. The summed E-state index contributed by atoms with van der Waals surface area (Å²) in [5.74, 6) is -0.329. The molecule has 2 fully saturated rings. The number of morpholine rings is 1. The Morgan fingerprint density at radius 1 is 1.07 bits per heavy atom. The van der Waals surface area contributed by atoms with Gasteiger partial charge in [0.05, 0.1) is 18.8 Å². The van der Waals surface area contributed by atoms with Gasteiger partial charge in [-0.3, -0.25) is 9.69 Å². The maximum absolute atomic E-state index is 14.1. The number of piperidine rings is 1. The number of hydrogen-bond acceptors (Lipinski definition) is 4. The molecule has 30 heavy (non-hydrogen) atoms. The van der Waals surface area contributed by atoms with E-state index in [9.17, 15) is 9.18 Å². The van der Waals surface area contributed by atoms with Crippen LogP contribution in [0.1, 0.15) is 37.9 Å². The standard InChI is InChI=1S/C24H30FN3O2/c1-18(28-15-16-30-23(17-28)21-7-3-4-8-22(21)25)24(29)26-19-9-11-20(12-10-19)27-13-5-2-6-14-27/h3-4,7-12,18,23H,2,5-6,13-17H2,1H3,(H,26,29). The van der Waals surface area contributed by atoms with Crippen LogP contribution < -0.4 is 10.2 Å². The quantitative estimate of drug-likeness (QED) is 0.800. The summed E-state index contributed by atoms with van der Waals surface area (Å²) < 4.78 is 19.9. The fourth-order valence-electron chi connectivity index (χ4n) is 4.27. The van der Waals surface area contributed by atoms with Gasteiger partial charge < -0.3 is 15.0 Å². The highest BCUT2D eigenvalue weighted by molar-refractivity contribution is 5.94. The van der Waals surface area contributed by atoms with Crippen LogP contribution >= 0.6 is 0 Å². The molecule has 2 heterocycles. The third-order valence-corrected chi connectivity index (χ3v) is 6.13. The highest BCUT2D eigenvalue weighted by Crippen LogP contribution is 2.26. The maximum Gasteiger partial charge on any atom is 0.241 e. The van der Waals surface area contributed by atoms with Crippen LogP contribution in [0.5, 0.6) is 0 Å². The predicted octanol–water partition coefficient (Wildman–Crippen LogP) is 4.22. The average Bonchev–Trinajstić information content (AvgIpc) is 2.80. The molecule has 0 bridgehead atoms. The first-order valence-electron chi connectivity index (χ1n) is 10.9. The Hall–Kier alpha value is -2.44. The Kier molecular flexibility index (Phi) is 6.65. The Bertz CT molecular complexity index is 852. The zero-order chi connectivity index (χ0) is 20.9. The van der Waals surface area contributed by atoms with Gasteiger partial charge in [-0.1, -0.05) is 18.2 Å². The van der Waals surface area contributed by atoms with Crippen molar-refractivity contribution in [3.05, 3.63) is 59.9 Å². The number of carbonyl (C=O) groups excluding carboxylic acids is 1. The third kappa shape index (κ3) is 4.82. The van der Waals surface area contributed by atoms with Crippen LogP contribution in [0.25, 0.3) is 0 Å². The van der Waals surface area contributed by atoms with Crippen molar-refractivity contribution in [2.75, 3.05) is 43.0 Å². The molecule has 2 aliphatic rings. The van der Waals surface area contributed by atoms with Crippen LogP contribution in [-0.2, 0) is 9.53 Å². The van der Waals surface area contributed by atoms with E-state index in [2.05, 4.69) is 27.2 Å². The predicted molar refractivity (Wildman–Crippen MR) is 117 cm³/mol. The van der Waals surface area contributed by atoms with E-state index < -0.39 is 0 Å². The van der Waals surface area contributed by atoms with Gasteiger partial charge >= 0.3 is 0 Å². The van der Waals surface area contributed by atoms with E-state index in [1.165, 1.54) is 31.0 Å². The van der Waals surface area contributed by atoms with Crippen LogP contribution in [-0.4, -0.2) is 49.6 Å². The number of amides is 1. The average molecular weight is 412 g/mol. The van der Waals surface area contributed by atoms with Gasteiger partial charge in [-0.15, -0.1) is 0 Å². The molecule has 2 saturated heterocycles. The molecule has 0 spiro atoms. The van der Waals surface area contributed by atoms with Gasteiger partial charge in [0.1, 0.15) is 5.82 Å². The van der Waals surface area contributed by atoms with Crippen LogP contribution in [0.4, 0.5) is 15.8 Å². The highest BCUT2D eigenvalue weighted by Gasteiger charge is 2.30. The summed E-state index contributed by atoms with van der Waals surface area (Å²) in [6.07, 6.45) is 3.42. The van der Waals surface area contributed by atoms with Gasteiger partial charge in [0.2, 0.25) is 5.91 Å². The molecule has 4 rings (SSSR count). The minimum Gasteiger partial charge on any atom is -0.372 e. The van der Waals surface area contributed by atoms with Crippen LogP contribution in [0, 0.1) is 5.82 Å². The lowest BCUT2D eigenvalue weighted by Crippen LogP contribution is -2.48. The first-order valence-corrected chi connectivity index (χ1v) is 10.9. The summed E-state index contributed by atoms with van der Waals surface area (Å²) in [6.45, 7) is 5.70. The van der Waals surface area contributed by atoms with Crippen molar-refractivity contribution in [2.45, 2.75) is 38.3 Å². The molecule has 2 aromatic carbocycles. The summed E-state index contributed by atoms with van der Waals surface area (Å²) in [6, 6.07) is 14.4. The number of nitrogens with one attached hydrogen (secondary N) is 1. The summed E-state index contributed by atoms with van der Waals surface area (Å²) in [5.41, 5.74) is 2.55. The van der Waals surface area contributed by atoms with Gasteiger partial charge in [-0.2, -0.15) is 0 Å². The first kappa shape index (κ1) is 20.8. The fourth-order valence-corrected chi connectivity index (χ4v) is 4.27. The number of benzene rings is 2. The van der Waals surface area contributed by atoms with E-state index in [0.29, 0.717) is 25.3 Å². The van der Waals surface area contributed by atoms with Crippen molar-refractivity contribution in [1.29, 1.82) is 0 Å². The number of ether oxygens (including phenoxy) is 1. The molecule has 2 aliphatic heterocycles. The summed E-state index contributed by atoms with van der Waals surface area (Å²) >= 11 is 0. The Labute approximate surface area is 177 Å². The molecule has 0 saturated carbocycles. The third-order valence-electron chi connectivity index (χ3n) is 6.13. The van der Waals surface area contributed by atoms with Crippen molar-refractivity contribution in [1.82, 2.24) is 4.90 Å². The van der Waals surface area contributed by atoms with Gasteiger partial charge in [0.25, 0.3) is 0 Å². The number of carbonyl (C=O) groups is 1. The number of nitrogens with zero attached hydrogens (tertiary/aromatic N) is 2. The Morgan fingerprint density at radius 2 is 1.80 bits per heavy atom. The van der Waals surface area contributed by atoms with Crippen molar-refractivity contribution >= 4 is 17.3 Å². The number of halogens is 1. The molecule has 0 aliphatic carbocycles. The van der Waals surface area contributed by atoms with E-state index in [-0.39, 0.29) is 23.9 Å². The first-order chi connectivity index (χ1) is 14.6. The highest BCUT2D eigenvalue weighted by atomic mass is 19.1. The van der Waals surface area contributed by atoms with Crippen LogP contribution in [0.3, 0.4) is 0 Å². The van der Waals surface area contributed by atoms with Gasteiger partial charge in [-0.05, 0) is 56.5 Å². The van der Waals surface area contributed by atoms with E-state index in [0.717, 1.165) is 18.8 Å². The van der Waals surface area contributed by atoms with Crippen molar-refractivity contribution in [3.63, 3.8) is 0 Å². The number of hydrogen-bond donors (Lipinski definition) is 1. The molecular weight excluding hydrogens is 381 g/mol. The van der Waals surface area contributed by atoms with Crippen LogP contribution in [0.2, 0.25) is 0 Å². The molecular formula is C24H30FN3O2. The van der Waals surface area contributed by atoms with Gasteiger partial charge in [0.15, 0.2) is 0 Å². The molecule has 5 nitrogen and oxygen atoms in total. The van der Waals surface area contributed by atoms with Gasteiger partial charge in [0, 0.05) is 43.1 Å². The summed E-state index contributed by atoms with van der Waals surface area (Å²) in [7, 11) is 0. The van der Waals surface area contributed by atoms with E-state index >= 15 is 0 Å². The Morgan fingerprint density at radius 3 is 2.53 bits per heavy atom. The molecule has 0 radical (unpaired) electrons. The minimum absolute atomic E-state index is 0.0603. The smallest absolute Gasteiger partial charge is 0.241 e. The van der Waals surface area contributed by atoms with E-state index in [1.807, 2.05) is 25.1 Å². The molecule has 6 heteroatoms. The molecule has 1 amide bonds. The zero-order valence-corrected chi connectivity index (χ0v) is 17.5. The lowest BCUT2D eigenvalue weighted by atomic mass is 10.1. The molecule has 2 atom stereocenters. The maximum atomic E-state index is 14.1. The monoisotopic (exact) mass is 411 g/mol. The zero-order valence-electron chi connectivity index (χ0n) is 17.5. The molecule has 1 N–H and O–H groups in total. The second-order valence-electron chi connectivity index (χ2n) is 8.14.